The van der Waals surface area contributed by atoms with Crippen molar-refractivity contribution in [2.45, 2.75) is 40.9 Å². The molecule has 4 aromatic carbocycles. The summed E-state index contributed by atoms with van der Waals surface area (Å²) in [7, 11) is 0. The highest BCUT2D eigenvalue weighted by Gasteiger charge is 2.04. The van der Waals surface area contributed by atoms with E-state index in [1.165, 1.54) is 22.3 Å². The van der Waals surface area contributed by atoms with Crippen molar-refractivity contribution in [2.75, 3.05) is 0 Å². The van der Waals surface area contributed by atoms with Crippen LogP contribution in [-0.4, -0.2) is 0 Å². The highest BCUT2D eigenvalue weighted by Crippen LogP contribution is 2.26. The molecule has 0 atom stereocenters. The molecule has 4 aromatic rings. The molecule has 0 amide bonds. The lowest BCUT2D eigenvalue weighted by Crippen LogP contribution is -1.95. The third kappa shape index (κ3) is 6.24. The quantitative estimate of drug-likeness (QED) is 0.277. The largest absolute Gasteiger partial charge is 0.457 e. The molecule has 0 aliphatic heterocycles. The van der Waals surface area contributed by atoms with Gasteiger partial charge in [0.2, 0.25) is 0 Å². The molecule has 0 aliphatic carbocycles. The molecule has 0 saturated carbocycles. The molecule has 0 spiro atoms. The van der Waals surface area contributed by atoms with Gasteiger partial charge in [0.05, 0.1) is 13.2 Å². The summed E-state index contributed by atoms with van der Waals surface area (Å²) < 4.78 is 18.0. The van der Waals surface area contributed by atoms with E-state index in [1.807, 2.05) is 60.7 Å². The van der Waals surface area contributed by atoms with Crippen LogP contribution in [0, 0.1) is 27.7 Å². The maximum absolute atomic E-state index is 6.04. The predicted molar refractivity (Wildman–Crippen MR) is 133 cm³/mol. The Morgan fingerprint density at radius 1 is 0.455 bits per heavy atom. The zero-order valence-corrected chi connectivity index (χ0v) is 19.7. The fourth-order valence-corrected chi connectivity index (χ4v) is 3.51. The number of aryl methyl sites for hydroxylation is 4. The lowest BCUT2D eigenvalue weighted by Gasteiger charge is -2.11. The summed E-state index contributed by atoms with van der Waals surface area (Å²) in [5.74, 6) is 3.31. The SMILES string of the molecule is Cc1ccc(Oc2cccc(COCc3cccc(Oc4ccc(C)c(C)c4)c3)c2)cc1C. The molecule has 0 bridgehead atoms. The molecule has 0 N–H and O–H groups in total. The minimum absolute atomic E-state index is 0.506. The van der Waals surface area contributed by atoms with Gasteiger partial charge in [0.15, 0.2) is 0 Å². The van der Waals surface area contributed by atoms with Crippen LogP contribution < -0.4 is 9.47 Å². The van der Waals surface area contributed by atoms with Gasteiger partial charge in [-0.25, -0.2) is 0 Å². The Hall–Kier alpha value is -3.56. The second-order valence-electron chi connectivity index (χ2n) is 8.48. The maximum Gasteiger partial charge on any atom is 0.127 e. The average Bonchev–Trinajstić information content (AvgIpc) is 2.79. The van der Waals surface area contributed by atoms with Gasteiger partial charge in [-0.2, -0.15) is 0 Å². The molecule has 4 rings (SSSR count). The van der Waals surface area contributed by atoms with Crippen molar-refractivity contribution in [1.82, 2.24) is 0 Å². The highest BCUT2D eigenvalue weighted by molar-refractivity contribution is 5.39. The summed E-state index contributed by atoms with van der Waals surface area (Å²) in [6.07, 6.45) is 0. The Morgan fingerprint density at radius 3 is 1.30 bits per heavy atom. The Kier molecular flexibility index (Phi) is 7.11. The standard InChI is InChI=1S/C30H30O3/c1-21-11-13-29(15-23(21)3)32-27-9-5-7-25(17-27)19-31-20-26-8-6-10-28(18-26)33-30-14-12-22(2)24(4)16-30/h5-18H,19-20H2,1-4H3. The van der Waals surface area contributed by atoms with Crippen molar-refractivity contribution >= 4 is 0 Å². The van der Waals surface area contributed by atoms with Crippen molar-refractivity contribution < 1.29 is 14.2 Å². The number of hydrogen-bond donors (Lipinski definition) is 0. The molecule has 0 unspecified atom stereocenters. The second kappa shape index (κ2) is 10.4. The zero-order valence-electron chi connectivity index (χ0n) is 19.7. The molecular formula is C30H30O3. The minimum atomic E-state index is 0.506. The molecule has 3 heteroatoms. The summed E-state index contributed by atoms with van der Waals surface area (Å²) in [6.45, 7) is 9.39. The van der Waals surface area contributed by atoms with E-state index in [-0.39, 0.29) is 0 Å². The van der Waals surface area contributed by atoms with E-state index in [0.717, 1.165) is 34.1 Å². The van der Waals surface area contributed by atoms with E-state index in [2.05, 4.69) is 52.0 Å². The molecule has 33 heavy (non-hydrogen) atoms. The fourth-order valence-electron chi connectivity index (χ4n) is 3.51. The van der Waals surface area contributed by atoms with Crippen LogP contribution in [0.5, 0.6) is 23.0 Å². The first-order valence-electron chi connectivity index (χ1n) is 11.2. The summed E-state index contributed by atoms with van der Waals surface area (Å²) in [5.41, 5.74) is 7.09. The van der Waals surface area contributed by atoms with Crippen LogP contribution in [0.1, 0.15) is 33.4 Å². The van der Waals surface area contributed by atoms with E-state index >= 15 is 0 Å². The van der Waals surface area contributed by atoms with E-state index < -0.39 is 0 Å². The first-order valence-corrected chi connectivity index (χ1v) is 11.2. The van der Waals surface area contributed by atoms with Gasteiger partial charge in [-0.3, -0.25) is 0 Å². The minimum Gasteiger partial charge on any atom is -0.457 e. The molecule has 3 nitrogen and oxygen atoms in total. The fraction of sp³-hybridized carbons (Fsp3) is 0.200. The van der Waals surface area contributed by atoms with Gasteiger partial charge in [-0.1, -0.05) is 36.4 Å². The van der Waals surface area contributed by atoms with E-state index in [0.29, 0.717) is 13.2 Å². The summed E-state index contributed by atoms with van der Waals surface area (Å²) >= 11 is 0. The number of benzene rings is 4. The van der Waals surface area contributed by atoms with Gasteiger partial charge < -0.3 is 14.2 Å². The second-order valence-corrected chi connectivity index (χ2v) is 8.48. The Bertz CT molecular complexity index is 1150. The van der Waals surface area contributed by atoms with Crippen LogP contribution >= 0.6 is 0 Å². The molecular weight excluding hydrogens is 408 g/mol. The lowest BCUT2D eigenvalue weighted by atomic mass is 10.1. The third-order valence-electron chi connectivity index (χ3n) is 5.76. The van der Waals surface area contributed by atoms with Crippen LogP contribution in [-0.2, 0) is 18.0 Å². The van der Waals surface area contributed by atoms with Crippen molar-refractivity contribution in [3.8, 4) is 23.0 Å². The zero-order chi connectivity index (χ0) is 23.2. The predicted octanol–water partition coefficient (Wildman–Crippen LogP) is 8.22. The van der Waals surface area contributed by atoms with Gasteiger partial charge in [0, 0.05) is 0 Å². The summed E-state index contributed by atoms with van der Waals surface area (Å²) in [5, 5.41) is 0. The van der Waals surface area contributed by atoms with Crippen LogP contribution in [0.4, 0.5) is 0 Å². The maximum atomic E-state index is 6.04. The lowest BCUT2D eigenvalue weighted by molar-refractivity contribution is 0.107. The van der Waals surface area contributed by atoms with Gasteiger partial charge in [-0.05, 0) is 110 Å². The van der Waals surface area contributed by atoms with E-state index in [1.54, 1.807) is 0 Å². The van der Waals surface area contributed by atoms with Gasteiger partial charge >= 0.3 is 0 Å². The van der Waals surface area contributed by atoms with Crippen LogP contribution in [0.15, 0.2) is 84.9 Å². The van der Waals surface area contributed by atoms with Gasteiger partial charge in [0.25, 0.3) is 0 Å². The molecule has 0 radical (unpaired) electrons. The van der Waals surface area contributed by atoms with E-state index in [9.17, 15) is 0 Å². The summed E-state index contributed by atoms with van der Waals surface area (Å²) in [6, 6.07) is 28.3. The van der Waals surface area contributed by atoms with E-state index in [4.69, 9.17) is 14.2 Å². The molecule has 0 aliphatic rings. The highest BCUT2D eigenvalue weighted by atomic mass is 16.5. The summed E-state index contributed by atoms with van der Waals surface area (Å²) in [4.78, 5) is 0. The van der Waals surface area contributed by atoms with Crippen LogP contribution in [0.3, 0.4) is 0 Å². The van der Waals surface area contributed by atoms with Crippen molar-refractivity contribution in [3.05, 3.63) is 118 Å². The Labute approximate surface area is 196 Å². The first kappa shape index (κ1) is 22.6. The normalized spacial score (nSPS) is 10.8. The first-order chi connectivity index (χ1) is 16.0. The monoisotopic (exact) mass is 438 g/mol. The molecule has 0 aromatic heterocycles. The van der Waals surface area contributed by atoms with Gasteiger partial charge in [0.1, 0.15) is 23.0 Å². The Balaban J connectivity index is 1.33. The van der Waals surface area contributed by atoms with Crippen LogP contribution in [0.25, 0.3) is 0 Å². The van der Waals surface area contributed by atoms with Crippen LogP contribution in [0.2, 0.25) is 0 Å². The average molecular weight is 439 g/mol. The smallest absolute Gasteiger partial charge is 0.127 e. The molecule has 0 saturated heterocycles. The number of rotatable bonds is 8. The van der Waals surface area contributed by atoms with Crippen molar-refractivity contribution in [2.24, 2.45) is 0 Å². The number of ether oxygens (including phenoxy) is 3. The third-order valence-corrected chi connectivity index (χ3v) is 5.76. The van der Waals surface area contributed by atoms with Gasteiger partial charge in [-0.15, -0.1) is 0 Å². The molecule has 0 fully saturated rings. The topological polar surface area (TPSA) is 27.7 Å². The molecule has 168 valence electrons. The van der Waals surface area contributed by atoms with Crippen molar-refractivity contribution in [1.29, 1.82) is 0 Å². The molecule has 0 heterocycles. The van der Waals surface area contributed by atoms with Crippen molar-refractivity contribution in [3.63, 3.8) is 0 Å². The number of hydrogen-bond acceptors (Lipinski definition) is 3. The Morgan fingerprint density at radius 2 is 0.879 bits per heavy atom.